The lowest BCUT2D eigenvalue weighted by atomic mass is 10.2. The largest absolute Gasteiger partial charge is 0.340 e. The summed E-state index contributed by atoms with van der Waals surface area (Å²) in [6, 6.07) is 6.08. The standard InChI is InChI=1S/C15H19Cl2N3/c1-2-11-10-19-9-4-3-8-18-15(19)20(11)14-12(16)6-5-7-13(14)17/h5-7,11H,2-4,8-10H2,1H3. The van der Waals surface area contributed by atoms with E-state index in [4.69, 9.17) is 28.2 Å². The van der Waals surface area contributed by atoms with Crippen LogP contribution >= 0.6 is 23.2 Å². The van der Waals surface area contributed by atoms with Crippen molar-refractivity contribution in [3.05, 3.63) is 28.2 Å². The molecule has 2 heterocycles. The molecule has 1 unspecified atom stereocenters. The third-order valence-electron chi connectivity index (χ3n) is 4.03. The first-order valence-corrected chi connectivity index (χ1v) is 8.00. The zero-order chi connectivity index (χ0) is 14.1. The summed E-state index contributed by atoms with van der Waals surface area (Å²) < 4.78 is 0. The first-order chi connectivity index (χ1) is 9.72. The van der Waals surface area contributed by atoms with Crippen LogP contribution in [0.5, 0.6) is 0 Å². The maximum atomic E-state index is 6.40. The molecule has 3 nitrogen and oxygen atoms in total. The van der Waals surface area contributed by atoms with Gasteiger partial charge in [0.25, 0.3) is 0 Å². The van der Waals surface area contributed by atoms with Crippen LogP contribution in [0.1, 0.15) is 26.2 Å². The molecule has 1 fully saturated rings. The number of anilines is 1. The molecule has 0 aromatic heterocycles. The highest BCUT2D eigenvalue weighted by Crippen LogP contribution is 2.38. The quantitative estimate of drug-likeness (QED) is 0.820. The fraction of sp³-hybridized carbons (Fsp3) is 0.533. The SMILES string of the molecule is CCC1CN2CCCCN=C2N1c1c(Cl)cccc1Cl. The molecule has 0 saturated carbocycles. The van der Waals surface area contributed by atoms with Gasteiger partial charge in [0.2, 0.25) is 5.96 Å². The van der Waals surface area contributed by atoms with Gasteiger partial charge in [-0.2, -0.15) is 0 Å². The molecule has 2 aliphatic rings. The zero-order valence-electron chi connectivity index (χ0n) is 11.6. The van der Waals surface area contributed by atoms with E-state index in [-0.39, 0.29) is 0 Å². The molecule has 20 heavy (non-hydrogen) atoms. The van der Waals surface area contributed by atoms with Gasteiger partial charge in [-0.15, -0.1) is 0 Å². The van der Waals surface area contributed by atoms with Gasteiger partial charge < -0.3 is 9.80 Å². The van der Waals surface area contributed by atoms with E-state index in [0.717, 1.165) is 44.1 Å². The number of halogens is 2. The number of hydrogen-bond donors (Lipinski definition) is 0. The number of nitrogens with zero attached hydrogens (tertiary/aromatic N) is 3. The summed E-state index contributed by atoms with van der Waals surface area (Å²) in [7, 11) is 0. The summed E-state index contributed by atoms with van der Waals surface area (Å²) >= 11 is 12.8. The molecule has 1 atom stereocenters. The summed E-state index contributed by atoms with van der Waals surface area (Å²) in [6.07, 6.45) is 3.41. The molecule has 5 heteroatoms. The van der Waals surface area contributed by atoms with Gasteiger partial charge in [-0.05, 0) is 31.4 Å². The molecule has 0 N–H and O–H groups in total. The predicted molar refractivity (Wildman–Crippen MR) is 86.1 cm³/mol. The van der Waals surface area contributed by atoms with E-state index >= 15 is 0 Å². The van der Waals surface area contributed by atoms with Crippen LogP contribution in [0.2, 0.25) is 10.0 Å². The van der Waals surface area contributed by atoms with Crippen LogP contribution in [0.3, 0.4) is 0 Å². The van der Waals surface area contributed by atoms with Gasteiger partial charge in [0.05, 0.1) is 21.8 Å². The van der Waals surface area contributed by atoms with Crippen molar-refractivity contribution in [3.63, 3.8) is 0 Å². The second-order valence-corrected chi connectivity index (χ2v) is 6.15. The Bertz CT molecular complexity index is 510. The molecule has 108 valence electrons. The van der Waals surface area contributed by atoms with Gasteiger partial charge in [-0.1, -0.05) is 36.2 Å². The Labute approximate surface area is 130 Å². The molecule has 0 bridgehead atoms. The van der Waals surface area contributed by atoms with E-state index in [1.165, 1.54) is 6.42 Å². The minimum absolute atomic E-state index is 0.393. The second kappa shape index (κ2) is 5.82. The highest BCUT2D eigenvalue weighted by atomic mass is 35.5. The van der Waals surface area contributed by atoms with Crippen LogP contribution < -0.4 is 4.90 Å². The lowest BCUT2D eigenvalue weighted by Crippen LogP contribution is -2.36. The number of rotatable bonds is 2. The predicted octanol–water partition coefficient (Wildman–Crippen LogP) is 4.04. The summed E-state index contributed by atoms with van der Waals surface area (Å²) in [5.74, 6) is 1.05. The molecule has 0 spiro atoms. The minimum Gasteiger partial charge on any atom is -0.340 e. The van der Waals surface area contributed by atoms with Crippen LogP contribution in [-0.2, 0) is 0 Å². The van der Waals surface area contributed by atoms with Crippen LogP contribution in [0.4, 0.5) is 5.69 Å². The monoisotopic (exact) mass is 311 g/mol. The summed E-state index contributed by atoms with van der Waals surface area (Å²) in [6.45, 7) is 5.18. The Morgan fingerprint density at radius 1 is 1.25 bits per heavy atom. The normalized spacial score (nSPS) is 22.6. The van der Waals surface area contributed by atoms with Crippen LogP contribution in [0.15, 0.2) is 23.2 Å². The summed E-state index contributed by atoms with van der Waals surface area (Å²) in [5, 5.41) is 1.40. The van der Waals surface area contributed by atoms with Crippen molar-refractivity contribution < 1.29 is 0 Å². The fourth-order valence-corrected chi connectivity index (χ4v) is 3.59. The van der Waals surface area contributed by atoms with Crippen molar-refractivity contribution in [2.45, 2.75) is 32.2 Å². The average molecular weight is 312 g/mol. The Morgan fingerprint density at radius 2 is 2.00 bits per heavy atom. The van der Waals surface area contributed by atoms with Crippen LogP contribution in [-0.4, -0.2) is 36.5 Å². The minimum atomic E-state index is 0.393. The third-order valence-corrected chi connectivity index (χ3v) is 4.64. The molecule has 0 aliphatic carbocycles. The van der Waals surface area contributed by atoms with Gasteiger partial charge in [-0.25, -0.2) is 0 Å². The number of hydrogen-bond acceptors (Lipinski definition) is 3. The molecular formula is C15H19Cl2N3. The van der Waals surface area contributed by atoms with E-state index in [0.29, 0.717) is 16.1 Å². The Hall–Kier alpha value is -0.930. The third kappa shape index (κ3) is 2.38. The highest BCUT2D eigenvalue weighted by Gasteiger charge is 2.37. The number of benzene rings is 1. The van der Waals surface area contributed by atoms with Gasteiger partial charge in [0.15, 0.2) is 0 Å². The Kier molecular flexibility index (Phi) is 4.08. The maximum absolute atomic E-state index is 6.40. The maximum Gasteiger partial charge on any atom is 0.201 e. The molecule has 0 radical (unpaired) electrons. The van der Waals surface area contributed by atoms with Crippen molar-refractivity contribution in [2.75, 3.05) is 24.5 Å². The number of para-hydroxylation sites is 1. The molecule has 2 aliphatic heterocycles. The summed E-state index contributed by atoms with van der Waals surface area (Å²) in [5.41, 5.74) is 0.908. The topological polar surface area (TPSA) is 18.8 Å². The number of aliphatic imine (C=N–C) groups is 1. The fourth-order valence-electron chi connectivity index (χ4n) is 3.01. The van der Waals surface area contributed by atoms with Crippen molar-refractivity contribution in [2.24, 2.45) is 4.99 Å². The van der Waals surface area contributed by atoms with Crippen LogP contribution in [0, 0.1) is 0 Å². The Balaban J connectivity index is 2.06. The molecule has 1 aromatic rings. The lowest BCUT2D eigenvalue weighted by molar-refractivity contribution is 0.424. The van der Waals surface area contributed by atoms with E-state index < -0.39 is 0 Å². The van der Waals surface area contributed by atoms with E-state index in [1.807, 2.05) is 18.2 Å². The smallest absolute Gasteiger partial charge is 0.201 e. The van der Waals surface area contributed by atoms with E-state index in [9.17, 15) is 0 Å². The van der Waals surface area contributed by atoms with Gasteiger partial charge in [-0.3, -0.25) is 4.99 Å². The van der Waals surface area contributed by atoms with E-state index in [1.54, 1.807) is 0 Å². The zero-order valence-corrected chi connectivity index (χ0v) is 13.2. The number of guanidine groups is 1. The average Bonchev–Trinajstić information content (AvgIpc) is 2.62. The molecule has 1 aromatic carbocycles. The lowest BCUT2D eigenvalue weighted by Gasteiger charge is -2.27. The molecular weight excluding hydrogens is 293 g/mol. The first kappa shape index (κ1) is 14.0. The van der Waals surface area contributed by atoms with Crippen molar-refractivity contribution in [1.29, 1.82) is 0 Å². The second-order valence-electron chi connectivity index (χ2n) is 5.34. The van der Waals surface area contributed by atoms with E-state index in [2.05, 4.69) is 16.7 Å². The van der Waals surface area contributed by atoms with Crippen molar-refractivity contribution >= 4 is 34.8 Å². The van der Waals surface area contributed by atoms with Gasteiger partial charge >= 0.3 is 0 Å². The summed E-state index contributed by atoms with van der Waals surface area (Å²) in [4.78, 5) is 9.40. The molecule has 0 amide bonds. The number of fused-ring (bicyclic) bond motifs is 1. The first-order valence-electron chi connectivity index (χ1n) is 7.25. The highest BCUT2D eigenvalue weighted by molar-refractivity contribution is 6.40. The molecule has 3 rings (SSSR count). The Morgan fingerprint density at radius 3 is 2.70 bits per heavy atom. The van der Waals surface area contributed by atoms with Crippen molar-refractivity contribution in [3.8, 4) is 0 Å². The van der Waals surface area contributed by atoms with Gasteiger partial charge in [0.1, 0.15) is 0 Å². The van der Waals surface area contributed by atoms with Crippen molar-refractivity contribution in [1.82, 2.24) is 4.90 Å². The molecule has 1 saturated heterocycles. The van der Waals surface area contributed by atoms with Gasteiger partial charge in [0, 0.05) is 19.6 Å². The van der Waals surface area contributed by atoms with Crippen LogP contribution in [0.25, 0.3) is 0 Å².